The Hall–Kier alpha value is -2.14. The van der Waals surface area contributed by atoms with Crippen LogP contribution in [0.5, 0.6) is 0 Å². The number of benzene rings is 1. The average molecular weight is 315 g/mol. The summed E-state index contributed by atoms with van der Waals surface area (Å²) in [4.78, 5) is 16.8. The maximum atomic E-state index is 12.5. The minimum absolute atomic E-state index is 0.0222. The Morgan fingerprint density at radius 1 is 1.22 bits per heavy atom. The average Bonchev–Trinajstić information content (AvgIpc) is 2.79. The van der Waals surface area contributed by atoms with E-state index < -0.39 is 0 Å². The van der Waals surface area contributed by atoms with Crippen LogP contribution in [0.3, 0.4) is 0 Å². The summed E-state index contributed by atoms with van der Waals surface area (Å²) >= 11 is 0. The fourth-order valence-electron chi connectivity index (χ4n) is 2.97. The highest BCUT2D eigenvalue weighted by atomic mass is 16.5. The maximum Gasteiger partial charge on any atom is 0.251 e. The summed E-state index contributed by atoms with van der Waals surface area (Å²) in [5.74, 6) is 0.855. The van der Waals surface area contributed by atoms with E-state index in [0.29, 0.717) is 19.7 Å². The summed E-state index contributed by atoms with van der Waals surface area (Å²) in [5, 5.41) is 3.01. The van der Waals surface area contributed by atoms with E-state index >= 15 is 0 Å². The first-order valence-corrected chi connectivity index (χ1v) is 7.80. The molecule has 1 aromatic carbocycles. The first-order valence-electron chi connectivity index (χ1n) is 7.80. The lowest BCUT2D eigenvalue weighted by Crippen LogP contribution is -2.29. The van der Waals surface area contributed by atoms with Gasteiger partial charge in [-0.2, -0.15) is 0 Å². The molecule has 1 aromatic heterocycles. The van der Waals surface area contributed by atoms with Gasteiger partial charge in [-0.15, -0.1) is 0 Å². The highest BCUT2D eigenvalue weighted by molar-refractivity contribution is 5.97. The van der Waals surface area contributed by atoms with Crippen LogP contribution < -0.4 is 5.32 Å². The van der Waals surface area contributed by atoms with E-state index in [2.05, 4.69) is 14.9 Å². The third-order valence-electron chi connectivity index (χ3n) is 3.94. The number of rotatable bonds is 6. The number of imidazole rings is 1. The van der Waals surface area contributed by atoms with E-state index in [1.54, 1.807) is 7.11 Å². The predicted octanol–water partition coefficient (Wildman–Crippen LogP) is 2.69. The minimum atomic E-state index is -0.0222. The summed E-state index contributed by atoms with van der Waals surface area (Å²) in [6.07, 6.45) is 1.82. The molecule has 0 aliphatic carbocycles. The zero-order chi connectivity index (χ0) is 17.0. The van der Waals surface area contributed by atoms with E-state index in [0.717, 1.165) is 28.2 Å². The van der Waals surface area contributed by atoms with Crippen LogP contribution in [0.2, 0.25) is 0 Å². The summed E-state index contributed by atoms with van der Waals surface area (Å²) in [7, 11) is 1.65. The van der Waals surface area contributed by atoms with Crippen LogP contribution in [0.15, 0.2) is 18.3 Å². The molecule has 0 spiro atoms. The standard InChI is InChI=1S/C18H25N3O2/c1-12-8-13(2)17(14(3)9-12)18(22)19-6-7-21-15(4)10-20-16(21)11-23-5/h8-10H,6-7,11H2,1-5H3,(H,19,22). The molecule has 5 heteroatoms. The first-order chi connectivity index (χ1) is 10.9. The van der Waals surface area contributed by atoms with Gasteiger partial charge in [-0.25, -0.2) is 4.98 Å². The van der Waals surface area contributed by atoms with Gasteiger partial charge in [0.1, 0.15) is 12.4 Å². The molecule has 0 bridgehead atoms. The lowest BCUT2D eigenvalue weighted by molar-refractivity contribution is 0.0950. The number of amides is 1. The molecule has 0 unspecified atom stereocenters. The van der Waals surface area contributed by atoms with Crippen LogP contribution in [0, 0.1) is 27.7 Å². The smallest absolute Gasteiger partial charge is 0.251 e. The Balaban J connectivity index is 2.02. The molecule has 5 nitrogen and oxygen atoms in total. The number of methoxy groups -OCH3 is 1. The molecular formula is C18H25N3O2. The van der Waals surface area contributed by atoms with Crippen molar-refractivity contribution in [1.82, 2.24) is 14.9 Å². The van der Waals surface area contributed by atoms with Crippen LogP contribution in [0.1, 0.15) is 38.6 Å². The van der Waals surface area contributed by atoms with Crippen molar-refractivity contribution in [2.45, 2.75) is 40.8 Å². The zero-order valence-corrected chi connectivity index (χ0v) is 14.6. The lowest BCUT2D eigenvalue weighted by atomic mass is 9.99. The lowest BCUT2D eigenvalue weighted by Gasteiger charge is -2.13. The van der Waals surface area contributed by atoms with E-state index in [9.17, 15) is 4.79 Å². The van der Waals surface area contributed by atoms with Crippen LogP contribution in [-0.2, 0) is 17.9 Å². The number of hydrogen-bond acceptors (Lipinski definition) is 3. The second-order valence-corrected chi connectivity index (χ2v) is 5.93. The van der Waals surface area contributed by atoms with Crippen LogP contribution >= 0.6 is 0 Å². The molecule has 0 atom stereocenters. The van der Waals surface area contributed by atoms with Gasteiger partial charge in [-0.3, -0.25) is 4.79 Å². The van der Waals surface area contributed by atoms with Crippen molar-refractivity contribution in [3.8, 4) is 0 Å². The van der Waals surface area contributed by atoms with E-state index in [1.807, 2.05) is 46.0 Å². The molecule has 1 heterocycles. The molecule has 1 amide bonds. The first kappa shape index (κ1) is 17.2. The molecule has 124 valence electrons. The molecule has 2 aromatic rings. The molecule has 2 rings (SSSR count). The van der Waals surface area contributed by atoms with Gasteiger partial charge >= 0.3 is 0 Å². The SMILES string of the molecule is COCc1ncc(C)n1CCNC(=O)c1c(C)cc(C)cc1C. The number of carbonyl (C=O) groups excluding carboxylic acids is 1. The highest BCUT2D eigenvalue weighted by Crippen LogP contribution is 2.16. The summed E-state index contributed by atoms with van der Waals surface area (Å²) in [5.41, 5.74) is 5.04. The predicted molar refractivity (Wildman–Crippen MR) is 90.7 cm³/mol. The fraction of sp³-hybridized carbons (Fsp3) is 0.444. The highest BCUT2D eigenvalue weighted by Gasteiger charge is 2.13. The summed E-state index contributed by atoms with van der Waals surface area (Å²) in [6.45, 7) is 9.71. The molecule has 23 heavy (non-hydrogen) atoms. The third-order valence-corrected chi connectivity index (χ3v) is 3.94. The van der Waals surface area contributed by atoms with Crippen molar-refractivity contribution in [2.24, 2.45) is 0 Å². The Bertz CT molecular complexity index is 681. The summed E-state index contributed by atoms with van der Waals surface area (Å²) in [6, 6.07) is 4.08. The molecule has 0 saturated heterocycles. The Morgan fingerprint density at radius 2 is 1.87 bits per heavy atom. The zero-order valence-electron chi connectivity index (χ0n) is 14.6. The minimum Gasteiger partial charge on any atom is -0.377 e. The second kappa shape index (κ2) is 7.42. The Labute approximate surface area is 137 Å². The largest absolute Gasteiger partial charge is 0.377 e. The third kappa shape index (κ3) is 3.99. The van der Waals surface area contributed by atoms with Crippen molar-refractivity contribution in [2.75, 3.05) is 13.7 Å². The molecule has 0 aliphatic heterocycles. The fourth-order valence-corrected chi connectivity index (χ4v) is 2.97. The Morgan fingerprint density at radius 3 is 2.48 bits per heavy atom. The molecule has 0 radical (unpaired) electrons. The van der Waals surface area contributed by atoms with Crippen LogP contribution in [0.25, 0.3) is 0 Å². The molecule has 1 N–H and O–H groups in total. The van der Waals surface area contributed by atoms with E-state index in [-0.39, 0.29) is 5.91 Å². The number of nitrogens with zero attached hydrogens (tertiary/aromatic N) is 2. The number of nitrogens with one attached hydrogen (secondary N) is 1. The van der Waals surface area contributed by atoms with Crippen molar-refractivity contribution >= 4 is 5.91 Å². The van der Waals surface area contributed by atoms with Crippen molar-refractivity contribution in [3.63, 3.8) is 0 Å². The van der Waals surface area contributed by atoms with Gasteiger partial charge in [0.2, 0.25) is 0 Å². The second-order valence-electron chi connectivity index (χ2n) is 5.93. The van der Waals surface area contributed by atoms with Gasteiger partial charge in [0.25, 0.3) is 5.91 Å². The topological polar surface area (TPSA) is 56.1 Å². The van der Waals surface area contributed by atoms with Crippen molar-refractivity contribution in [1.29, 1.82) is 0 Å². The van der Waals surface area contributed by atoms with Gasteiger partial charge < -0.3 is 14.6 Å². The van der Waals surface area contributed by atoms with Crippen molar-refractivity contribution < 1.29 is 9.53 Å². The number of ether oxygens (including phenoxy) is 1. The van der Waals surface area contributed by atoms with Gasteiger partial charge in [-0.05, 0) is 38.8 Å². The maximum absolute atomic E-state index is 12.5. The number of hydrogen-bond donors (Lipinski definition) is 1. The van der Waals surface area contributed by atoms with Gasteiger partial charge in [-0.1, -0.05) is 17.7 Å². The molecule has 0 fully saturated rings. The monoisotopic (exact) mass is 315 g/mol. The number of carbonyl (C=O) groups is 1. The van der Waals surface area contributed by atoms with E-state index in [1.165, 1.54) is 5.56 Å². The number of aryl methyl sites for hydroxylation is 4. The Kier molecular flexibility index (Phi) is 5.55. The van der Waals surface area contributed by atoms with Gasteiger partial charge in [0.05, 0.1) is 0 Å². The summed E-state index contributed by atoms with van der Waals surface area (Å²) < 4.78 is 7.22. The molecule has 0 saturated carbocycles. The van der Waals surface area contributed by atoms with Gasteiger partial charge in [0, 0.05) is 37.7 Å². The van der Waals surface area contributed by atoms with Crippen LogP contribution in [0.4, 0.5) is 0 Å². The van der Waals surface area contributed by atoms with Crippen molar-refractivity contribution in [3.05, 3.63) is 52.1 Å². The quantitative estimate of drug-likeness (QED) is 0.891. The van der Waals surface area contributed by atoms with Gasteiger partial charge in [0.15, 0.2) is 0 Å². The van der Waals surface area contributed by atoms with E-state index in [4.69, 9.17) is 4.74 Å². The molecule has 0 aliphatic rings. The normalized spacial score (nSPS) is 10.8. The number of aromatic nitrogens is 2. The molecular weight excluding hydrogens is 290 g/mol. The van der Waals surface area contributed by atoms with Crippen LogP contribution in [-0.4, -0.2) is 29.1 Å².